The van der Waals surface area contributed by atoms with Crippen molar-refractivity contribution >= 4 is 22.6 Å². The number of carbonyl (C=O) groups is 1. The molecule has 1 amide bonds. The summed E-state index contributed by atoms with van der Waals surface area (Å²) in [6, 6.07) is 9.41. The number of aliphatic hydroxyl groups excluding tert-OH is 1. The lowest BCUT2D eigenvalue weighted by Crippen LogP contribution is -2.13. The summed E-state index contributed by atoms with van der Waals surface area (Å²) < 4.78 is 5.03. The zero-order chi connectivity index (χ0) is 12.8. The molecule has 2 N–H and O–H groups in total. The van der Waals surface area contributed by atoms with Crippen LogP contribution in [0.25, 0.3) is 0 Å². The van der Waals surface area contributed by atoms with Gasteiger partial charge in [0.2, 0.25) is 0 Å². The van der Waals surface area contributed by atoms with Crippen molar-refractivity contribution in [3.63, 3.8) is 0 Å². The Hall–Kier alpha value is -1.92. The number of thiazole rings is 1. The van der Waals surface area contributed by atoms with Gasteiger partial charge in [-0.1, -0.05) is 41.7 Å². The Balaban J connectivity index is 1.82. The predicted molar refractivity (Wildman–Crippen MR) is 68.3 cm³/mol. The van der Waals surface area contributed by atoms with E-state index in [2.05, 4.69) is 10.3 Å². The second kappa shape index (κ2) is 6.13. The van der Waals surface area contributed by atoms with Crippen molar-refractivity contribution in [2.24, 2.45) is 0 Å². The van der Waals surface area contributed by atoms with Crippen LogP contribution in [0.15, 0.2) is 36.5 Å². The number of amides is 1. The maximum absolute atomic E-state index is 11.5. The molecule has 0 aliphatic carbocycles. The first-order valence-electron chi connectivity index (χ1n) is 5.31. The predicted octanol–water partition coefficient (Wildman–Crippen LogP) is 2.38. The number of nitrogens with zero attached hydrogens (tertiary/aromatic N) is 1. The highest BCUT2D eigenvalue weighted by Crippen LogP contribution is 2.17. The third-order valence-corrected chi connectivity index (χ3v) is 3.03. The lowest BCUT2D eigenvalue weighted by molar-refractivity contribution is 0.155. The molecule has 1 aromatic carbocycles. The summed E-state index contributed by atoms with van der Waals surface area (Å²) in [6.07, 6.45) is 0.954. The zero-order valence-electron chi connectivity index (χ0n) is 9.50. The van der Waals surface area contributed by atoms with E-state index in [0.29, 0.717) is 10.0 Å². The average Bonchev–Trinajstić information content (AvgIpc) is 2.85. The van der Waals surface area contributed by atoms with Crippen molar-refractivity contribution in [3.8, 4) is 0 Å². The van der Waals surface area contributed by atoms with Crippen LogP contribution in [0.2, 0.25) is 0 Å². The summed E-state index contributed by atoms with van der Waals surface area (Å²) in [5.74, 6) is 0. The maximum Gasteiger partial charge on any atom is 0.413 e. The van der Waals surface area contributed by atoms with Gasteiger partial charge in [-0.05, 0) is 5.56 Å². The molecule has 0 aliphatic rings. The molecule has 94 valence electrons. The molecule has 5 nitrogen and oxygen atoms in total. The highest BCUT2D eigenvalue weighted by atomic mass is 32.1. The number of hydrogen-bond donors (Lipinski definition) is 2. The Labute approximate surface area is 108 Å². The van der Waals surface area contributed by atoms with Crippen LogP contribution < -0.4 is 5.32 Å². The van der Waals surface area contributed by atoms with Crippen molar-refractivity contribution < 1.29 is 14.6 Å². The molecule has 18 heavy (non-hydrogen) atoms. The Kier molecular flexibility index (Phi) is 4.27. The Morgan fingerprint density at radius 1 is 1.39 bits per heavy atom. The number of carbonyl (C=O) groups excluding carboxylic acids is 1. The standard InChI is InChI=1S/C12H12N2O3S/c15-7-10-6-13-11(18-10)14-12(16)17-8-9-4-2-1-3-5-9/h1-6,15H,7-8H2,(H,13,14,16). The molecule has 2 rings (SSSR count). The van der Waals surface area contributed by atoms with E-state index in [1.807, 2.05) is 30.3 Å². The SMILES string of the molecule is O=C(Nc1ncc(CO)s1)OCc1ccccc1. The topological polar surface area (TPSA) is 71.5 Å². The van der Waals surface area contributed by atoms with Gasteiger partial charge in [0, 0.05) is 6.20 Å². The van der Waals surface area contributed by atoms with Crippen LogP contribution in [0.1, 0.15) is 10.4 Å². The Morgan fingerprint density at radius 3 is 2.83 bits per heavy atom. The van der Waals surface area contributed by atoms with E-state index in [4.69, 9.17) is 9.84 Å². The number of anilines is 1. The highest BCUT2D eigenvalue weighted by Gasteiger charge is 2.07. The number of hydrogen-bond acceptors (Lipinski definition) is 5. The van der Waals surface area contributed by atoms with Crippen LogP contribution in [0, 0.1) is 0 Å². The monoisotopic (exact) mass is 264 g/mol. The summed E-state index contributed by atoms with van der Waals surface area (Å²) in [5.41, 5.74) is 0.919. The fourth-order valence-electron chi connectivity index (χ4n) is 1.28. The number of benzene rings is 1. The van der Waals surface area contributed by atoms with Crippen LogP contribution in [0.5, 0.6) is 0 Å². The Bertz CT molecular complexity index is 513. The van der Waals surface area contributed by atoms with Crippen LogP contribution in [0.3, 0.4) is 0 Å². The second-order valence-electron chi connectivity index (χ2n) is 3.48. The van der Waals surface area contributed by atoms with Gasteiger partial charge in [-0.25, -0.2) is 9.78 Å². The van der Waals surface area contributed by atoms with E-state index in [-0.39, 0.29) is 13.2 Å². The minimum atomic E-state index is -0.558. The van der Waals surface area contributed by atoms with Crippen molar-refractivity contribution in [3.05, 3.63) is 47.0 Å². The molecule has 1 heterocycles. The molecule has 0 unspecified atom stereocenters. The van der Waals surface area contributed by atoms with Gasteiger partial charge >= 0.3 is 6.09 Å². The summed E-state index contributed by atoms with van der Waals surface area (Å²) >= 11 is 1.21. The van der Waals surface area contributed by atoms with Crippen LogP contribution in [-0.4, -0.2) is 16.2 Å². The first-order valence-corrected chi connectivity index (χ1v) is 6.13. The fourth-order valence-corrected chi connectivity index (χ4v) is 1.94. The largest absolute Gasteiger partial charge is 0.444 e. The second-order valence-corrected chi connectivity index (χ2v) is 4.59. The minimum absolute atomic E-state index is 0.0849. The van der Waals surface area contributed by atoms with Crippen molar-refractivity contribution in [2.45, 2.75) is 13.2 Å². The molecule has 6 heteroatoms. The molecule has 0 aliphatic heterocycles. The summed E-state index contributed by atoms with van der Waals surface area (Å²) in [5, 5.41) is 11.8. The maximum atomic E-state index is 11.5. The van der Waals surface area contributed by atoms with E-state index in [0.717, 1.165) is 5.56 Å². The van der Waals surface area contributed by atoms with Crippen LogP contribution in [0.4, 0.5) is 9.93 Å². The van der Waals surface area contributed by atoms with E-state index in [1.165, 1.54) is 17.5 Å². The van der Waals surface area contributed by atoms with Gasteiger partial charge in [-0.2, -0.15) is 0 Å². The smallest absolute Gasteiger partial charge is 0.413 e. The first-order chi connectivity index (χ1) is 8.78. The highest BCUT2D eigenvalue weighted by molar-refractivity contribution is 7.15. The molecule has 2 aromatic rings. The van der Waals surface area contributed by atoms with Crippen molar-refractivity contribution in [2.75, 3.05) is 5.32 Å². The van der Waals surface area contributed by atoms with Crippen molar-refractivity contribution in [1.82, 2.24) is 4.98 Å². The first kappa shape index (κ1) is 12.5. The lowest BCUT2D eigenvalue weighted by Gasteiger charge is -2.04. The molecule has 0 atom stereocenters. The molecule has 1 aromatic heterocycles. The van der Waals surface area contributed by atoms with Crippen LogP contribution >= 0.6 is 11.3 Å². The number of aliphatic hydroxyl groups is 1. The molecule has 0 radical (unpaired) electrons. The van der Waals surface area contributed by atoms with Crippen LogP contribution in [-0.2, 0) is 18.0 Å². The molecule has 0 spiro atoms. The van der Waals surface area contributed by atoms with Gasteiger partial charge in [0.05, 0.1) is 11.5 Å². The molecule has 0 saturated heterocycles. The Morgan fingerprint density at radius 2 is 2.17 bits per heavy atom. The van der Waals surface area contributed by atoms with Gasteiger partial charge in [0.25, 0.3) is 0 Å². The number of aromatic nitrogens is 1. The summed E-state index contributed by atoms with van der Waals surface area (Å²) in [4.78, 5) is 16.1. The van der Waals surface area contributed by atoms with Gasteiger partial charge in [0.1, 0.15) is 6.61 Å². The van der Waals surface area contributed by atoms with E-state index in [1.54, 1.807) is 0 Å². The minimum Gasteiger partial charge on any atom is -0.444 e. The summed E-state index contributed by atoms with van der Waals surface area (Å²) in [6.45, 7) is 0.128. The number of ether oxygens (including phenoxy) is 1. The molecular weight excluding hydrogens is 252 g/mol. The quantitative estimate of drug-likeness (QED) is 0.889. The van der Waals surface area contributed by atoms with E-state index >= 15 is 0 Å². The third-order valence-electron chi connectivity index (χ3n) is 2.13. The van der Waals surface area contributed by atoms with Gasteiger partial charge in [0.15, 0.2) is 5.13 Å². The van der Waals surface area contributed by atoms with Gasteiger partial charge < -0.3 is 9.84 Å². The molecule has 0 saturated carbocycles. The molecule has 0 fully saturated rings. The number of rotatable bonds is 4. The lowest BCUT2D eigenvalue weighted by atomic mass is 10.2. The van der Waals surface area contributed by atoms with Gasteiger partial charge in [-0.15, -0.1) is 0 Å². The van der Waals surface area contributed by atoms with Crippen molar-refractivity contribution in [1.29, 1.82) is 0 Å². The molecular formula is C12H12N2O3S. The zero-order valence-corrected chi connectivity index (χ0v) is 10.3. The fraction of sp³-hybridized carbons (Fsp3) is 0.167. The molecule has 0 bridgehead atoms. The normalized spacial score (nSPS) is 10.1. The van der Waals surface area contributed by atoms with E-state index in [9.17, 15) is 4.79 Å². The summed E-state index contributed by atoms with van der Waals surface area (Å²) in [7, 11) is 0. The van der Waals surface area contributed by atoms with E-state index < -0.39 is 6.09 Å². The number of nitrogens with one attached hydrogen (secondary N) is 1. The van der Waals surface area contributed by atoms with Gasteiger partial charge in [-0.3, -0.25) is 5.32 Å². The average molecular weight is 264 g/mol. The third kappa shape index (κ3) is 3.54.